The normalized spacial score (nSPS) is 16.5. The van der Waals surface area contributed by atoms with Gasteiger partial charge in [0.1, 0.15) is 11.1 Å². The van der Waals surface area contributed by atoms with Crippen LogP contribution in [0.3, 0.4) is 0 Å². The van der Waals surface area contributed by atoms with Crippen molar-refractivity contribution < 1.29 is 23.9 Å². The summed E-state index contributed by atoms with van der Waals surface area (Å²) in [4.78, 5) is 49.9. The van der Waals surface area contributed by atoms with Crippen molar-refractivity contribution in [2.24, 2.45) is 0 Å². The first-order valence-electron chi connectivity index (χ1n) is 11.2. The number of benzene rings is 1. The van der Waals surface area contributed by atoms with Crippen LogP contribution in [0.15, 0.2) is 24.3 Å². The highest BCUT2D eigenvalue weighted by Crippen LogP contribution is 2.37. The van der Waals surface area contributed by atoms with Gasteiger partial charge in [-0.2, -0.15) is 5.26 Å². The predicted octanol–water partition coefficient (Wildman–Crippen LogP) is 3.23. The zero-order chi connectivity index (χ0) is 24.2. The maximum absolute atomic E-state index is 12.7. The molecular weight excluding hydrogens is 456 g/mol. The SMILES string of the molecule is CC(OC(=O)c1ccc(N2NC(=O)CCC2=O)cc1)C(=O)Nc1sc2c(c1C#N)CCCCC2. The molecule has 10 heteroatoms. The second-order valence-electron chi connectivity index (χ2n) is 8.23. The van der Waals surface area contributed by atoms with E-state index >= 15 is 0 Å². The van der Waals surface area contributed by atoms with Gasteiger partial charge in [0.25, 0.3) is 5.91 Å². The Bertz CT molecular complexity index is 1180. The first-order chi connectivity index (χ1) is 16.4. The number of esters is 1. The van der Waals surface area contributed by atoms with E-state index in [0.29, 0.717) is 16.3 Å². The van der Waals surface area contributed by atoms with Gasteiger partial charge in [-0.25, -0.2) is 9.80 Å². The van der Waals surface area contributed by atoms with E-state index in [1.807, 2.05) is 0 Å². The number of thiophene rings is 1. The molecule has 2 N–H and O–H groups in total. The Morgan fingerprint density at radius 1 is 1.12 bits per heavy atom. The summed E-state index contributed by atoms with van der Waals surface area (Å²) >= 11 is 1.42. The number of ether oxygens (including phenoxy) is 1. The molecule has 0 saturated carbocycles. The zero-order valence-electron chi connectivity index (χ0n) is 18.7. The number of nitriles is 1. The fourth-order valence-electron chi connectivity index (χ4n) is 3.98. The summed E-state index contributed by atoms with van der Waals surface area (Å²) in [6.45, 7) is 1.47. The Hall–Kier alpha value is -3.71. The van der Waals surface area contributed by atoms with Gasteiger partial charge in [0.2, 0.25) is 11.8 Å². The molecule has 0 radical (unpaired) electrons. The number of carbonyl (C=O) groups excluding carboxylic acids is 4. The maximum atomic E-state index is 12.7. The highest BCUT2D eigenvalue weighted by atomic mass is 32.1. The molecule has 3 amide bonds. The number of anilines is 2. The van der Waals surface area contributed by atoms with Crippen LogP contribution < -0.4 is 15.8 Å². The Balaban J connectivity index is 1.39. The van der Waals surface area contributed by atoms with Crippen LogP contribution in [0.5, 0.6) is 0 Å². The number of hydrazine groups is 1. The first kappa shape index (κ1) is 23.4. The topological polar surface area (TPSA) is 129 Å². The molecule has 0 bridgehead atoms. The fourth-order valence-corrected chi connectivity index (χ4v) is 5.22. The Morgan fingerprint density at radius 2 is 1.85 bits per heavy atom. The van der Waals surface area contributed by atoms with Crippen LogP contribution in [0.4, 0.5) is 10.7 Å². The average Bonchev–Trinajstić information content (AvgIpc) is 2.98. The van der Waals surface area contributed by atoms with Crippen LogP contribution in [-0.4, -0.2) is 29.8 Å². The summed E-state index contributed by atoms with van der Waals surface area (Å²) in [5, 5.41) is 14.0. The number of nitrogens with one attached hydrogen (secondary N) is 2. The monoisotopic (exact) mass is 480 g/mol. The zero-order valence-corrected chi connectivity index (χ0v) is 19.5. The number of hydrogen-bond acceptors (Lipinski definition) is 7. The molecule has 1 fully saturated rings. The molecule has 1 aliphatic carbocycles. The molecule has 1 aromatic heterocycles. The van der Waals surface area contributed by atoms with Crippen LogP contribution >= 0.6 is 11.3 Å². The third-order valence-corrected chi connectivity index (χ3v) is 7.04. The third-order valence-electron chi connectivity index (χ3n) is 5.84. The molecule has 4 rings (SSSR count). The molecule has 1 saturated heterocycles. The molecule has 9 nitrogen and oxygen atoms in total. The van der Waals surface area contributed by atoms with Crippen molar-refractivity contribution in [3.05, 3.63) is 45.8 Å². The summed E-state index contributed by atoms with van der Waals surface area (Å²) in [6, 6.07) is 8.17. The van der Waals surface area contributed by atoms with Crippen molar-refractivity contribution in [1.29, 1.82) is 5.26 Å². The minimum Gasteiger partial charge on any atom is -0.449 e. The van der Waals surface area contributed by atoms with Gasteiger partial charge in [0.15, 0.2) is 6.10 Å². The molecule has 1 aromatic carbocycles. The van der Waals surface area contributed by atoms with Crippen molar-refractivity contribution in [2.45, 2.75) is 58.0 Å². The fraction of sp³-hybridized carbons (Fsp3) is 0.375. The highest BCUT2D eigenvalue weighted by Gasteiger charge is 2.26. The van der Waals surface area contributed by atoms with Crippen molar-refractivity contribution >= 4 is 45.7 Å². The van der Waals surface area contributed by atoms with Gasteiger partial charge in [0.05, 0.1) is 16.8 Å². The van der Waals surface area contributed by atoms with Crippen LogP contribution in [0.2, 0.25) is 0 Å². The van der Waals surface area contributed by atoms with E-state index in [1.54, 1.807) is 0 Å². The van der Waals surface area contributed by atoms with Crippen molar-refractivity contribution in [2.75, 3.05) is 10.3 Å². The first-order valence-corrected chi connectivity index (χ1v) is 12.0. The van der Waals surface area contributed by atoms with Gasteiger partial charge < -0.3 is 10.1 Å². The number of carbonyl (C=O) groups is 4. The summed E-state index contributed by atoms with van der Waals surface area (Å²) in [5.41, 5.74) is 4.62. The number of aryl methyl sites for hydroxylation is 1. The predicted molar refractivity (Wildman–Crippen MR) is 125 cm³/mol. The average molecular weight is 481 g/mol. The second-order valence-corrected chi connectivity index (χ2v) is 9.33. The lowest BCUT2D eigenvalue weighted by molar-refractivity contribution is -0.130. The summed E-state index contributed by atoms with van der Waals surface area (Å²) in [7, 11) is 0. The third kappa shape index (κ3) is 4.94. The molecule has 2 heterocycles. The van der Waals surface area contributed by atoms with E-state index < -0.39 is 18.0 Å². The quantitative estimate of drug-likeness (QED) is 0.499. The van der Waals surface area contributed by atoms with E-state index in [2.05, 4.69) is 16.8 Å². The Morgan fingerprint density at radius 3 is 2.59 bits per heavy atom. The van der Waals surface area contributed by atoms with Crippen LogP contribution in [0.25, 0.3) is 0 Å². The summed E-state index contributed by atoms with van der Waals surface area (Å²) in [6.07, 6.45) is 4.13. The van der Waals surface area contributed by atoms with Gasteiger partial charge in [0, 0.05) is 17.7 Å². The molecule has 1 aliphatic heterocycles. The number of hydrogen-bond donors (Lipinski definition) is 2. The minimum atomic E-state index is -1.08. The number of amides is 3. The number of nitrogens with zero attached hydrogens (tertiary/aromatic N) is 2. The van der Waals surface area contributed by atoms with Gasteiger partial charge >= 0.3 is 5.97 Å². The van der Waals surface area contributed by atoms with E-state index in [4.69, 9.17) is 4.74 Å². The van der Waals surface area contributed by atoms with E-state index in [0.717, 1.165) is 47.6 Å². The molecule has 34 heavy (non-hydrogen) atoms. The molecule has 0 spiro atoms. The van der Waals surface area contributed by atoms with Crippen molar-refractivity contribution in [3.63, 3.8) is 0 Å². The second kappa shape index (κ2) is 10.1. The summed E-state index contributed by atoms with van der Waals surface area (Å²) < 4.78 is 5.31. The van der Waals surface area contributed by atoms with Crippen LogP contribution in [-0.2, 0) is 32.0 Å². The molecule has 2 aliphatic rings. The number of fused-ring (bicyclic) bond motifs is 1. The van der Waals surface area contributed by atoms with E-state index in [-0.39, 0.29) is 30.2 Å². The standard InChI is InChI=1S/C24H24N4O5S/c1-14(22(31)26-23-18(13-25)17-5-3-2-4-6-19(17)34-23)33-24(32)15-7-9-16(10-8-15)28-21(30)12-11-20(29)27-28/h7-10,14H,2-6,11-12H2,1H3,(H,26,31)(H,27,29). The smallest absolute Gasteiger partial charge is 0.338 e. The van der Waals surface area contributed by atoms with Crippen molar-refractivity contribution in [1.82, 2.24) is 5.43 Å². The minimum absolute atomic E-state index is 0.114. The number of rotatable bonds is 5. The molecule has 2 aromatic rings. The molecule has 1 atom stereocenters. The maximum Gasteiger partial charge on any atom is 0.338 e. The summed E-state index contributed by atoms with van der Waals surface area (Å²) in [5.74, 6) is -1.72. The van der Waals surface area contributed by atoms with E-state index in [1.165, 1.54) is 42.5 Å². The van der Waals surface area contributed by atoms with Crippen molar-refractivity contribution in [3.8, 4) is 6.07 Å². The van der Waals surface area contributed by atoms with Crippen LogP contribution in [0.1, 0.15) is 65.4 Å². The lowest BCUT2D eigenvalue weighted by Gasteiger charge is -2.27. The van der Waals surface area contributed by atoms with Gasteiger partial charge in [-0.1, -0.05) is 6.42 Å². The lowest BCUT2D eigenvalue weighted by atomic mass is 10.1. The van der Waals surface area contributed by atoms with Crippen LogP contribution in [0, 0.1) is 11.3 Å². The largest absolute Gasteiger partial charge is 0.449 e. The molecular formula is C24H24N4O5S. The Labute approximate surface area is 200 Å². The molecule has 176 valence electrons. The Kier molecular flexibility index (Phi) is 6.93. The highest BCUT2D eigenvalue weighted by molar-refractivity contribution is 7.16. The van der Waals surface area contributed by atoms with Gasteiger partial charge in [-0.3, -0.25) is 19.8 Å². The van der Waals surface area contributed by atoms with Gasteiger partial charge in [-0.15, -0.1) is 11.3 Å². The lowest BCUT2D eigenvalue weighted by Crippen LogP contribution is -2.50. The molecule has 1 unspecified atom stereocenters. The van der Waals surface area contributed by atoms with E-state index in [9.17, 15) is 24.4 Å². The van der Waals surface area contributed by atoms with Gasteiger partial charge in [-0.05, 0) is 62.4 Å².